The largest absolute Gasteiger partial charge is 0.493 e. The van der Waals surface area contributed by atoms with Crippen LogP contribution >= 0.6 is 11.6 Å². The molecular formula is C16H24ClNO3. The number of allylic oxidation sites excluding steroid dienone is 1. The van der Waals surface area contributed by atoms with Crippen molar-refractivity contribution in [3.63, 3.8) is 0 Å². The van der Waals surface area contributed by atoms with Crippen LogP contribution in [-0.2, 0) is 11.3 Å². The van der Waals surface area contributed by atoms with Gasteiger partial charge in [-0.25, -0.2) is 0 Å². The summed E-state index contributed by atoms with van der Waals surface area (Å²) in [4.78, 5) is 0. The summed E-state index contributed by atoms with van der Waals surface area (Å²) in [5, 5.41) is 3.92. The molecule has 0 aliphatic heterocycles. The molecule has 0 fully saturated rings. The first-order valence-electron chi connectivity index (χ1n) is 6.90. The lowest BCUT2D eigenvalue weighted by atomic mass is 10.1. The van der Waals surface area contributed by atoms with Crippen molar-refractivity contribution in [1.29, 1.82) is 0 Å². The van der Waals surface area contributed by atoms with Crippen molar-refractivity contribution < 1.29 is 14.2 Å². The first kappa shape index (κ1) is 17.8. The minimum atomic E-state index is 0.505. The average Bonchev–Trinajstić information content (AvgIpc) is 2.44. The first-order valence-corrected chi connectivity index (χ1v) is 7.28. The fourth-order valence-electron chi connectivity index (χ4n) is 1.76. The molecule has 0 aliphatic carbocycles. The molecule has 21 heavy (non-hydrogen) atoms. The van der Waals surface area contributed by atoms with E-state index in [1.165, 1.54) is 5.57 Å². The average molecular weight is 314 g/mol. The van der Waals surface area contributed by atoms with Gasteiger partial charge in [0.1, 0.15) is 6.61 Å². The Hall–Kier alpha value is -1.23. The second-order valence-corrected chi connectivity index (χ2v) is 5.29. The van der Waals surface area contributed by atoms with E-state index >= 15 is 0 Å². The molecule has 1 N–H and O–H groups in total. The number of rotatable bonds is 9. The number of hydrogen-bond acceptors (Lipinski definition) is 4. The molecule has 0 saturated carbocycles. The van der Waals surface area contributed by atoms with Gasteiger partial charge < -0.3 is 19.5 Å². The van der Waals surface area contributed by atoms with Crippen molar-refractivity contribution in [2.24, 2.45) is 0 Å². The van der Waals surface area contributed by atoms with Crippen molar-refractivity contribution in [1.82, 2.24) is 5.32 Å². The molecule has 0 atom stereocenters. The molecular weight excluding hydrogens is 290 g/mol. The number of benzene rings is 1. The molecule has 118 valence electrons. The highest BCUT2D eigenvalue weighted by Gasteiger charge is 2.12. The number of hydrogen-bond donors (Lipinski definition) is 1. The van der Waals surface area contributed by atoms with Gasteiger partial charge in [0.15, 0.2) is 11.5 Å². The van der Waals surface area contributed by atoms with Gasteiger partial charge in [-0.3, -0.25) is 0 Å². The van der Waals surface area contributed by atoms with Crippen LogP contribution in [0.5, 0.6) is 11.5 Å². The molecule has 0 spiro atoms. The Kier molecular flexibility index (Phi) is 8.20. The highest BCUT2D eigenvalue weighted by Crippen LogP contribution is 2.34. The predicted octanol–water partition coefficient (Wildman–Crippen LogP) is 3.43. The summed E-state index contributed by atoms with van der Waals surface area (Å²) in [7, 11) is 3.29. The second-order valence-electron chi connectivity index (χ2n) is 4.86. The fraction of sp³-hybridized carbons (Fsp3) is 0.500. The summed E-state index contributed by atoms with van der Waals surface area (Å²) in [5.41, 5.74) is 2.18. The number of halogens is 1. The summed E-state index contributed by atoms with van der Waals surface area (Å²) >= 11 is 6.13. The summed E-state index contributed by atoms with van der Waals surface area (Å²) in [6, 6.07) is 3.65. The van der Waals surface area contributed by atoms with Gasteiger partial charge in [0.05, 0.1) is 13.7 Å². The predicted molar refractivity (Wildman–Crippen MR) is 86.5 cm³/mol. The Morgan fingerprint density at radius 1 is 1.29 bits per heavy atom. The first-order chi connectivity index (χ1) is 10.1. The van der Waals surface area contributed by atoms with E-state index in [-0.39, 0.29) is 0 Å². The Morgan fingerprint density at radius 2 is 2.05 bits per heavy atom. The minimum Gasteiger partial charge on any atom is -0.493 e. The van der Waals surface area contributed by atoms with Crippen LogP contribution in [0.4, 0.5) is 0 Å². The minimum absolute atomic E-state index is 0.505. The van der Waals surface area contributed by atoms with Crippen LogP contribution in [0.15, 0.2) is 23.8 Å². The molecule has 1 aromatic carbocycles. The summed E-state index contributed by atoms with van der Waals surface area (Å²) in [6.07, 6.45) is 2.02. The third-order valence-corrected chi connectivity index (χ3v) is 3.05. The van der Waals surface area contributed by atoms with Crippen LogP contribution < -0.4 is 14.8 Å². The monoisotopic (exact) mass is 313 g/mol. The molecule has 0 saturated heterocycles. The van der Waals surface area contributed by atoms with Crippen molar-refractivity contribution in [2.45, 2.75) is 20.4 Å². The maximum atomic E-state index is 6.13. The van der Waals surface area contributed by atoms with E-state index in [0.29, 0.717) is 30.5 Å². The quantitative estimate of drug-likeness (QED) is 0.560. The molecule has 0 aliphatic rings. The Morgan fingerprint density at radius 3 is 2.67 bits per heavy atom. The zero-order chi connectivity index (χ0) is 15.7. The van der Waals surface area contributed by atoms with Gasteiger partial charge in [0, 0.05) is 36.9 Å². The van der Waals surface area contributed by atoms with E-state index in [1.807, 2.05) is 26.0 Å². The van der Waals surface area contributed by atoms with Crippen LogP contribution in [0.25, 0.3) is 0 Å². The van der Waals surface area contributed by atoms with Crippen molar-refractivity contribution in [3.05, 3.63) is 34.4 Å². The zero-order valence-electron chi connectivity index (χ0n) is 13.2. The maximum Gasteiger partial charge on any atom is 0.166 e. The van der Waals surface area contributed by atoms with Gasteiger partial charge in [-0.15, -0.1) is 0 Å². The molecule has 0 unspecified atom stereocenters. The van der Waals surface area contributed by atoms with Crippen LogP contribution in [0, 0.1) is 0 Å². The highest BCUT2D eigenvalue weighted by molar-refractivity contribution is 6.30. The van der Waals surface area contributed by atoms with Gasteiger partial charge in [-0.2, -0.15) is 0 Å². The Bertz CT molecular complexity index is 471. The number of methoxy groups -OCH3 is 2. The van der Waals surface area contributed by atoms with Gasteiger partial charge in [-0.1, -0.05) is 17.2 Å². The molecule has 0 radical (unpaired) electrons. The third kappa shape index (κ3) is 6.38. The Balaban J connectivity index is 2.86. The van der Waals surface area contributed by atoms with E-state index in [0.717, 1.165) is 17.9 Å². The van der Waals surface area contributed by atoms with Gasteiger partial charge in [0.2, 0.25) is 0 Å². The van der Waals surface area contributed by atoms with Crippen LogP contribution in [0.2, 0.25) is 5.02 Å². The summed E-state index contributed by atoms with van der Waals surface area (Å²) in [6.45, 7) is 6.64. The normalized spacial score (nSPS) is 10.3. The summed E-state index contributed by atoms with van der Waals surface area (Å²) in [5.74, 6) is 1.37. The van der Waals surface area contributed by atoms with Gasteiger partial charge in [0.25, 0.3) is 0 Å². The lowest BCUT2D eigenvalue weighted by molar-refractivity contribution is 0.199. The molecule has 4 nitrogen and oxygen atoms in total. The van der Waals surface area contributed by atoms with E-state index in [1.54, 1.807) is 20.3 Å². The van der Waals surface area contributed by atoms with Crippen molar-refractivity contribution >= 4 is 11.6 Å². The smallest absolute Gasteiger partial charge is 0.166 e. The molecule has 5 heteroatoms. The van der Waals surface area contributed by atoms with E-state index in [9.17, 15) is 0 Å². The zero-order valence-corrected chi connectivity index (χ0v) is 13.9. The fourth-order valence-corrected chi connectivity index (χ4v) is 1.99. The topological polar surface area (TPSA) is 39.7 Å². The van der Waals surface area contributed by atoms with Crippen LogP contribution in [0.1, 0.15) is 19.4 Å². The third-order valence-electron chi connectivity index (χ3n) is 2.83. The van der Waals surface area contributed by atoms with E-state index in [2.05, 4.69) is 5.32 Å². The van der Waals surface area contributed by atoms with Gasteiger partial charge in [-0.05, 0) is 26.0 Å². The lowest BCUT2D eigenvalue weighted by Gasteiger charge is -2.15. The highest BCUT2D eigenvalue weighted by atomic mass is 35.5. The number of ether oxygens (including phenoxy) is 3. The lowest BCUT2D eigenvalue weighted by Crippen LogP contribution is -2.19. The number of nitrogens with one attached hydrogen (secondary N) is 1. The molecule has 1 rings (SSSR count). The molecule has 0 heterocycles. The molecule has 0 bridgehead atoms. The Labute approximate surface area is 132 Å². The molecule has 1 aromatic rings. The molecule has 0 aromatic heterocycles. The SMILES string of the molecule is COCCNCc1cc(Cl)cc(OC)c1OCC=C(C)C. The van der Waals surface area contributed by atoms with Crippen LogP contribution in [-0.4, -0.2) is 34.0 Å². The maximum absolute atomic E-state index is 6.13. The van der Waals surface area contributed by atoms with Crippen molar-refractivity contribution in [2.75, 3.05) is 34.0 Å². The second kappa shape index (κ2) is 9.66. The standard InChI is InChI=1S/C16H24ClNO3/c1-12(2)5-7-21-16-13(11-18-6-8-19-3)9-14(17)10-15(16)20-4/h5,9-10,18H,6-8,11H2,1-4H3. The van der Waals surface area contributed by atoms with E-state index < -0.39 is 0 Å². The molecule has 0 amide bonds. The summed E-state index contributed by atoms with van der Waals surface area (Å²) < 4.78 is 16.2. The van der Waals surface area contributed by atoms with Crippen LogP contribution in [0.3, 0.4) is 0 Å². The van der Waals surface area contributed by atoms with E-state index in [4.69, 9.17) is 25.8 Å². The van der Waals surface area contributed by atoms with Crippen molar-refractivity contribution in [3.8, 4) is 11.5 Å². The van der Waals surface area contributed by atoms with Gasteiger partial charge >= 0.3 is 0 Å².